The first-order valence-electron chi connectivity index (χ1n) is 3.51. The molecule has 0 aliphatic carbocycles. The average molecular weight is 170 g/mol. The third kappa shape index (κ3) is 2.76. The average Bonchev–Trinajstić information content (AvgIpc) is 2.04. The molecular formula is C7H10N2OS. The number of aromatic amines is 1. The van der Waals surface area contributed by atoms with Crippen LogP contribution < -0.4 is 5.56 Å². The van der Waals surface area contributed by atoms with Gasteiger partial charge in [0.15, 0.2) is 0 Å². The Morgan fingerprint density at radius 2 is 2.45 bits per heavy atom. The predicted molar refractivity (Wildman–Crippen MR) is 45.9 cm³/mol. The number of hydrogen-bond acceptors (Lipinski definition) is 3. The second kappa shape index (κ2) is 4.18. The Hall–Kier alpha value is -0.770. The molecule has 1 rings (SSSR count). The van der Waals surface area contributed by atoms with E-state index in [2.05, 4.69) is 17.1 Å². The number of aromatic nitrogens is 2. The topological polar surface area (TPSA) is 45.8 Å². The van der Waals surface area contributed by atoms with Crippen LogP contribution in [0.15, 0.2) is 22.0 Å². The van der Waals surface area contributed by atoms with Crippen molar-refractivity contribution in [2.45, 2.75) is 18.4 Å². The van der Waals surface area contributed by atoms with E-state index in [1.165, 1.54) is 6.07 Å². The molecule has 11 heavy (non-hydrogen) atoms. The van der Waals surface area contributed by atoms with Crippen molar-refractivity contribution >= 4 is 11.8 Å². The molecule has 0 radical (unpaired) electrons. The van der Waals surface area contributed by atoms with Gasteiger partial charge in [-0.15, -0.1) is 11.8 Å². The third-order valence-corrected chi connectivity index (χ3v) is 2.24. The maximum atomic E-state index is 10.6. The summed E-state index contributed by atoms with van der Waals surface area (Å²) in [5.74, 6) is 1.04. The van der Waals surface area contributed by atoms with Crippen molar-refractivity contribution in [1.29, 1.82) is 0 Å². The van der Waals surface area contributed by atoms with E-state index in [0.29, 0.717) is 0 Å². The monoisotopic (exact) mass is 170 g/mol. The van der Waals surface area contributed by atoms with Crippen molar-refractivity contribution in [1.82, 2.24) is 10.2 Å². The van der Waals surface area contributed by atoms with E-state index in [-0.39, 0.29) is 5.56 Å². The van der Waals surface area contributed by atoms with Crippen LogP contribution in [0.3, 0.4) is 0 Å². The molecule has 0 aromatic carbocycles. The van der Waals surface area contributed by atoms with E-state index in [1.807, 2.05) is 0 Å². The number of hydrogen-bond donors (Lipinski definition) is 1. The number of rotatable bonds is 3. The van der Waals surface area contributed by atoms with Crippen molar-refractivity contribution in [3.05, 3.63) is 22.5 Å². The van der Waals surface area contributed by atoms with Crippen molar-refractivity contribution < 1.29 is 0 Å². The molecule has 0 atom stereocenters. The Labute approximate surface area is 69.2 Å². The molecule has 0 saturated heterocycles. The minimum absolute atomic E-state index is 0.147. The van der Waals surface area contributed by atoms with Crippen LogP contribution in [0.4, 0.5) is 0 Å². The van der Waals surface area contributed by atoms with Gasteiger partial charge < -0.3 is 0 Å². The molecule has 0 amide bonds. The summed E-state index contributed by atoms with van der Waals surface area (Å²) in [5.41, 5.74) is -0.147. The zero-order valence-corrected chi connectivity index (χ0v) is 7.15. The summed E-state index contributed by atoms with van der Waals surface area (Å²) in [6, 6.07) is 3.23. The fourth-order valence-corrected chi connectivity index (χ4v) is 1.31. The minimum atomic E-state index is -0.147. The van der Waals surface area contributed by atoms with Crippen LogP contribution in [0, 0.1) is 0 Å². The highest BCUT2D eigenvalue weighted by Gasteiger charge is 1.92. The lowest BCUT2D eigenvalue weighted by atomic mass is 10.6. The van der Waals surface area contributed by atoms with E-state index in [9.17, 15) is 4.79 Å². The maximum absolute atomic E-state index is 10.6. The normalized spacial score (nSPS) is 9.91. The van der Waals surface area contributed by atoms with Gasteiger partial charge in [-0.3, -0.25) is 4.79 Å². The van der Waals surface area contributed by atoms with Gasteiger partial charge in [-0.05, 0) is 18.2 Å². The highest BCUT2D eigenvalue weighted by molar-refractivity contribution is 7.99. The Balaban J connectivity index is 2.59. The SMILES string of the molecule is CCCSc1ccc(=O)[nH]n1. The van der Waals surface area contributed by atoms with Gasteiger partial charge in [0.05, 0.1) is 0 Å². The van der Waals surface area contributed by atoms with E-state index in [1.54, 1.807) is 17.8 Å². The van der Waals surface area contributed by atoms with E-state index < -0.39 is 0 Å². The summed E-state index contributed by atoms with van der Waals surface area (Å²) in [4.78, 5) is 10.6. The smallest absolute Gasteiger partial charge is 0.264 e. The Morgan fingerprint density at radius 3 is 3.00 bits per heavy atom. The number of thioether (sulfide) groups is 1. The fraction of sp³-hybridized carbons (Fsp3) is 0.429. The Morgan fingerprint density at radius 1 is 1.64 bits per heavy atom. The van der Waals surface area contributed by atoms with Gasteiger partial charge in [0.1, 0.15) is 5.03 Å². The molecule has 1 heterocycles. The molecule has 0 aliphatic rings. The Bertz CT molecular complexity index is 251. The van der Waals surface area contributed by atoms with E-state index >= 15 is 0 Å². The quantitative estimate of drug-likeness (QED) is 0.695. The lowest BCUT2D eigenvalue weighted by molar-refractivity contribution is 0.897. The zero-order valence-electron chi connectivity index (χ0n) is 6.33. The van der Waals surface area contributed by atoms with Crippen molar-refractivity contribution in [3.63, 3.8) is 0 Å². The molecule has 3 nitrogen and oxygen atoms in total. The van der Waals surface area contributed by atoms with Crippen molar-refractivity contribution in [2.75, 3.05) is 5.75 Å². The summed E-state index contributed by atoms with van der Waals surface area (Å²) in [5, 5.41) is 7.10. The van der Waals surface area contributed by atoms with Crippen LogP contribution >= 0.6 is 11.8 Å². The molecule has 1 aromatic rings. The first-order chi connectivity index (χ1) is 5.33. The molecule has 1 aromatic heterocycles. The molecule has 60 valence electrons. The maximum Gasteiger partial charge on any atom is 0.264 e. The molecule has 0 bridgehead atoms. The molecule has 4 heteroatoms. The number of nitrogens with zero attached hydrogens (tertiary/aromatic N) is 1. The molecule has 0 aliphatic heterocycles. The van der Waals surface area contributed by atoms with E-state index in [4.69, 9.17) is 0 Å². The van der Waals surface area contributed by atoms with Gasteiger partial charge in [0.25, 0.3) is 5.56 Å². The third-order valence-electron chi connectivity index (χ3n) is 1.11. The lowest BCUT2D eigenvalue weighted by Crippen LogP contribution is -2.05. The summed E-state index contributed by atoms with van der Waals surface area (Å²) in [6.45, 7) is 2.11. The van der Waals surface area contributed by atoms with E-state index in [0.717, 1.165) is 17.2 Å². The number of nitrogens with one attached hydrogen (secondary N) is 1. The van der Waals surface area contributed by atoms with Gasteiger partial charge >= 0.3 is 0 Å². The van der Waals surface area contributed by atoms with Crippen LogP contribution in [0.2, 0.25) is 0 Å². The molecule has 0 saturated carbocycles. The van der Waals surface area contributed by atoms with Crippen LogP contribution in [0.5, 0.6) is 0 Å². The molecule has 0 unspecified atom stereocenters. The van der Waals surface area contributed by atoms with Crippen molar-refractivity contribution in [3.8, 4) is 0 Å². The largest absolute Gasteiger partial charge is 0.268 e. The number of H-pyrrole nitrogens is 1. The first-order valence-corrected chi connectivity index (χ1v) is 4.50. The summed E-state index contributed by atoms with van der Waals surface area (Å²) < 4.78 is 0. The lowest BCUT2D eigenvalue weighted by Gasteiger charge is -1.94. The van der Waals surface area contributed by atoms with Gasteiger partial charge in [0.2, 0.25) is 0 Å². The van der Waals surface area contributed by atoms with Crippen LogP contribution in [-0.4, -0.2) is 16.0 Å². The van der Waals surface area contributed by atoms with Crippen molar-refractivity contribution in [2.24, 2.45) is 0 Å². The molecule has 0 fully saturated rings. The minimum Gasteiger partial charge on any atom is -0.268 e. The summed E-state index contributed by atoms with van der Waals surface area (Å²) >= 11 is 1.65. The van der Waals surface area contributed by atoms with Gasteiger partial charge in [-0.1, -0.05) is 6.92 Å². The predicted octanol–water partition coefficient (Wildman–Crippen LogP) is 1.27. The van der Waals surface area contributed by atoms with Crippen LogP contribution in [0.25, 0.3) is 0 Å². The standard InChI is InChI=1S/C7H10N2OS/c1-2-5-11-7-4-3-6(10)8-9-7/h3-4H,2,5H2,1H3,(H,8,10). The zero-order chi connectivity index (χ0) is 8.10. The van der Waals surface area contributed by atoms with Gasteiger partial charge in [-0.25, -0.2) is 5.10 Å². The highest BCUT2D eigenvalue weighted by Crippen LogP contribution is 2.12. The second-order valence-corrected chi connectivity index (χ2v) is 3.22. The highest BCUT2D eigenvalue weighted by atomic mass is 32.2. The molecule has 0 spiro atoms. The fourth-order valence-electron chi connectivity index (χ4n) is 0.619. The Kier molecular flexibility index (Phi) is 3.16. The first kappa shape index (κ1) is 8.33. The summed E-state index contributed by atoms with van der Waals surface area (Å²) in [6.07, 6.45) is 1.12. The van der Waals surface area contributed by atoms with Crippen LogP contribution in [0.1, 0.15) is 13.3 Å². The molecule has 1 N–H and O–H groups in total. The molecular weight excluding hydrogens is 160 g/mol. The van der Waals surface area contributed by atoms with Crippen LogP contribution in [-0.2, 0) is 0 Å². The second-order valence-electron chi connectivity index (χ2n) is 2.11. The summed E-state index contributed by atoms with van der Waals surface area (Å²) in [7, 11) is 0. The van der Waals surface area contributed by atoms with Gasteiger partial charge in [-0.2, -0.15) is 5.10 Å². The van der Waals surface area contributed by atoms with Gasteiger partial charge in [0, 0.05) is 6.07 Å².